The minimum Gasteiger partial charge on any atom is -0.472 e. The van der Waals surface area contributed by atoms with E-state index in [1.807, 2.05) is 6.26 Å². The fraction of sp³-hybridized carbons (Fsp3) is 0.474. The first-order valence-corrected chi connectivity index (χ1v) is 8.06. The molecule has 0 fully saturated rings. The highest BCUT2D eigenvalue weighted by Gasteiger charge is 2.36. The Balaban J connectivity index is 2.36. The van der Waals surface area contributed by atoms with Crippen LogP contribution in [0.5, 0.6) is 0 Å². The fourth-order valence-corrected chi connectivity index (χ4v) is 3.48. The lowest BCUT2D eigenvalue weighted by Gasteiger charge is -2.41. The van der Waals surface area contributed by atoms with Crippen LogP contribution in [0.1, 0.15) is 44.7 Å². The van der Waals surface area contributed by atoms with E-state index in [0.717, 1.165) is 25.8 Å². The quantitative estimate of drug-likeness (QED) is 0.769. The number of hydrogen-bond donors (Lipinski definition) is 1. The summed E-state index contributed by atoms with van der Waals surface area (Å²) in [5, 5.41) is 3.72. The highest BCUT2D eigenvalue weighted by Crippen LogP contribution is 2.36. The summed E-state index contributed by atoms with van der Waals surface area (Å²) in [5.74, 6) is 0. The smallest absolute Gasteiger partial charge is 0.0935 e. The molecule has 1 atom stereocenters. The Labute approximate surface area is 128 Å². The molecule has 0 spiro atoms. The van der Waals surface area contributed by atoms with Gasteiger partial charge in [0.05, 0.1) is 12.5 Å². The summed E-state index contributed by atoms with van der Waals surface area (Å²) in [5.41, 5.74) is 2.86. The van der Waals surface area contributed by atoms with E-state index < -0.39 is 0 Å². The lowest BCUT2D eigenvalue weighted by Crippen LogP contribution is -2.49. The zero-order valence-corrected chi connectivity index (χ0v) is 13.4. The molecular weight excluding hydrogens is 258 g/mol. The molecule has 2 heteroatoms. The first-order chi connectivity index (χ1) is 10.3. The van der Waals surface area contributed by atoms with Gasteiger partial charge in [-0.2, -0.15) is 0 Å². The standard InChI is InChI=1S/C19H27NO/c1-4-19(5-2,17-10-8-7-9-11-17)18(20-6-3)14-16-12-13-21-15-16/h7-13,15,18,20H,4-6,14H2,1-3H3. The summed E-state index contributed by atoms with van der Waals surface area (Å²) in [7, 11) is 0. The van der Waals surface area contributed by atoms with Crippen molar-refractivity contribution in [2.75, 3.05) is 6.54 Å². The molecule has 2 rings (SSSR count). The number of nitrogens with one attached hydrogen (secondary N) is 1. The Morgan fingerprint density at radius 3 is 2.29 bits per heavy atom. The Bertz CT molecular complexity index is 500. The van der Waals surface area contributed by atoms with Crippen molar-refractivity contribution in [3.8, 4) is 0 Å². The van der Waals surface area contributed by atoms with Crippen LogP contribution in [-0.2, 0) is 11.8 Å². The number of hydrogen-bond acceptors (Lipinski definition) is 2. The zero-order chi connectivity index (χ0) is 15.1. The van der Waals surface area contributed by atoms with Crippen LogP contribution in [-0.4, -0.2) is 12.6 Å². The van der Waals surface area contributed by atoms with Gasteiger partial charge in [-0.3, -0.25) is 0 Å². The van der Waals surface area contributed by atoms with Crippen molar-refractivity contribution >= 4 is 0 Å². The van der Waals surface area contributed by atoms with Crippen molar-refractivity contribution in [2.24, 2.45) is 0 Å². The van der Waals surface area contributed by atoms with E-state index >= 15 is 0 Å². The summed E-state index contributed by atoms with van der Waals surface area (Å²) in [6.07, 6.45) is 6.89. The minimum atomic E-state index is 0.161. The second kappa shape index (κ2) is 7.46. The summed E-state index contributed by atoms with van der Waals surface area (Å²) in [6, 6.07) is 13.4. The molecule has 1 N–H and O–H groups in total. The molecule has 1 unspecified atom stereocenters. The summed E-state index contributed by atoms with van der Waals surface area (Å²) < 4.78 is 5.25. The van der Waals surface area contributed by atoms with Gasteiger partial charge < -0.3 is 9.73 Å². The number of rotatable bonds is 8. The molecule has 21 heavy (non-hydrogen) atoms. The monoisotopic (exact) mass is 285 g/mol. The maximum atomic E-state index is 5.25. The number of likely N-dealkylation sites (N-methyl/N-ethyl adjacent to an activating group) is 1. The number of benzene rings is 1. The predicted molar refractivity (Wildman–Crippen MR) is 88.6 cm³/mol. The zero-order valence-electron chi connectivity index (χ0n) is 13.4. The van der Waals surface area contributed by atoms with Gasteiger partial charge in [0.15, 0.2) is 0 Å². The molecular formula is C19H27NO. The van der Waals surface area contributed by atoms with E-state index in [4.69, 9.17) is 4.42 Å². The highest BCUT2D eigenvalue weighted by atomic mass is 16.3. The highest BCUT2D eigenvalue weighted by molar-refractivity contribution is 5.29. The molecule has 0 saturated heterocycles. The van der Waals surface area contributed by atoms with Crippen LogP contribution in [0.15, 0.2) is 53.3 Å². The van der Waals surface area contributed by atoms with E-state index in [2.05, 4.69) is 62.5 Å². The summed E-state index contributed by atoms with van der Waals surface area (Å²) >= 11 is 0. The lowest BCUT2D eigenvalue weighted by atomic mass is 9.68. The Morgan fingerprint density at radius 2 is 1.76 bits per heavy atom. The van der Waals surface area contributed by atoms with Gasteiger partial charge in [0.2, 0.25) is 0 Å². The number of furan rings is 1. The molecule has 1 aromatic carbocycles. The first kappa shape index (κ1) is 15.8. The topological polar surface area (TPSA) is 25.2 Å². The van der Waals surface area contributed by atoms with Gasteiger partial charge in [0.1, 0.15) is 0 Å². The molecule has 0 saturated carbocycles. The van der Waals surface area contributed by atoms with Crippen LogP contribution in [0.2, 0.25) is 0 Å². The molecule has 0 aliphatic heterocycles. The molecule has 2 nitrogen and oxygen atoms in total. The van der Waals surface area contributed by atoms with Crippen molar-refractivity contribution in [3.05, 3.63) is 60.1 Å². The molecule has 1 aromatic heterocycles. The van der Waals surface area contributed by atoms with Crippen molar-refractivity contribution in [3.63, 3.8) is 0 Å². The third kappa shape index (κ3) is 3.38. The fourth-order valence-electron chi connectivity index (χ4n) is 3.48. The van der Waals surface area contributed by atoms with Crippen LogP contribution in [0, 0.1) is 0 Å². The van der Waals surface area contributed by atoms with E-state index in [1.165, 1.54) is 11.1 Å². The van der Waals surface area contributed by atoms with Crippen molar-refractivity contribution in [1.29, 1.82) is 0 Å². The second-order valence-corrected chi connectivity index (χ2v) is 5.68. The van der Waals surface area contributed by atoms with Crippen LogP contribution in [0.3, 0.4) is 0 Å². The van der Waals surface area contributed by atoms with Crippen molar-refractivity contribution in [1.82, 2.24) is 5.32 Å². The summed E-state index contributed by atoms with van der Waals surface area (Å²) in [4.78, 5) is 0. The molecule has 0 aliphatic rings. The van der Waals surface area contributed by atoms with Crippen LogP contribution < -0.4 is 5.32 Å². The van der Waals surface area contributed by atoms with Crippen LogP contribution >= 0.6 is 0 Å². The van der Waals surface area contributed by atoms with Crippen molar-refractivity contribution in [2.45, 2.75) is 51.5 Å². The maximum absolute atomic E-state index is 5.25. The van der Waals surface area contributed by atoms with Crippen LogP contribution in [0.4, 0.5) is 0 Å². The predicted octanol–water partition coefficient (Wildman–Crippen LogP) is 4.56. The largest absolute Gasteiger partial charge is 0.472 e. The Kier molecular flexibility index (Phi) is 5.63. The van der Waals surface area contributed by atoms with E-state index in [-0.39, 0.29) is 5.41 Å². The van der Waals surface area contributed by atoms with Gasteiger partial charge in [-0.05, 0) is 43.0 Å². The maximum Gasteiger partial charge on any atom is 0.0935 e. The van der Waals surface area contributed by atoms with Crippen molar-refractivity contribution < 1.29 is 4.42 Å². The van der Waals surface area contributed by atoms with Gasteiger partial charge in [0, 0.05) is 11.5 Å². The van der Waals surface area contributed by atoms with Gasteiger partial charge in [-0.25, -0.2) is 0 Å². The third-order valence-electron chi connectivity index (χ3n) is 4.75. The average Bonchev–Trinajstić information content (AvgIpc) is 3.03. The average molecular weight is 285 g/mol. The van der Waals surface area contributed by atoms with E-state index in [9.17, 15) is 0 Å². The molecule has 0 radical (unpaired) electrons. The van der Waals surface area contributed by atoms with Gasteiger partial charge >= 0.3 is 0 Å². The molecule has 0 amide bonds. The lowest BCUT2D eigenvalue weighted by molar-refractivity contribution is 0.271. The Hall–Kier alpha value is -1.54. The second-order valence-electron chi connectivity index (χ2n) is 5.68. The van der Waals surface area contributed by atoms with Gasteiger partial charge in [-0.15, -0.1) is 0 Å². The SMILES string of the molecule is CCNC(Cc1ccoc1)C(CC)(CC)c1ccccc1. The molecule has 1 heterocycles. The first-order valence-electron chi connectivity index (χ1n) is 8.06. The van der Waals surface area contributed by atoms with Gasteiger partial charge in [-0.1, -0.05) is 51.1 Å². The van der Waals surface area contributed by atoms with E-state index in [0.29, 0.717) is 6.04 Å². The molecule has 114 valence electrons. The third-order valence-corrected chi connectivity index (χ3v) is 4.75. The summed E-state index contributed by atoms with van der Waals surface area (Å²) in [6.45, 7) is 7.77. The van der Waals surface area contributed by atoms with Gasteiger partial charge in [0.25, 0.3) is 0 Å². The Morgan fingerprint density at radius 1 is 1.05 bits per heavy atom. The molecule has 0 bridgehead atoms. The van der Waals surface area contributed by atoms with E-state index in [1.54, 1.807) is 6.26 Å². The normalized spacial score (nSPS) is 13.3. The minimum absolute atomic E-state index is 0.161. The molecule has 0 aliphatic carbocycles. The van der Waals surface area contributed by atoms with Crippen LogP contribution in [0.25, 0.3) is 0 Å². The molecule has 2 aromatic rings.